The zero-order chi connectivity index (χ0) is 20.6. The van der Waals surface area contributed by atoms with Gasteiger partial charge in [0.2, 0.25) is 5.91 Å². The fourth-order valence-electron chi connectivity index (χ4n) is 3.74. The Labute approximate surface area is 172 Å². The maximum Gasteiger partial charge on any atom is 0.220 e. The molecule has 3 nitrogen and oxygen atoms in total. The molecular weight excluding hydrogens is 365 g/mol. The monoisotopic (exact) mass is 393 g/mol. The Balaban J connectivity index is 1.63. The lowest BCUT2D eigenvalue weighted by Gasteiger charge is -2.20. The van der Waals surface area contributed by atoms with Crippen molar-refractivity contribution in [2.75, 3.05) is 6.54 Å². The van der Waals surface area contributed by atoms with E-state index in [1.165, 1.54) is 12.1 Å². The number of hydrogen-bond acceptors (Lipinski definition) is 2. The lowest BCUT2D eigenvalue weighted by Crippen LogP contribution is -2.28. The van der Waals surface area contributed by atoms with Crippen LogP contribution in [0.3, 0.4) is 0 Å². The molecule has 0 saturated carbocycles. The molecule has 0 spiro atoms. The number of benzene rings is 2. The summed E-state index contributed by atoms with van der Waals surface area (Å²) in [6.45, 7) is 4.91. The van der Waals surface area contributed by atoms with Gasteiger partial charge in [-0.1, -0.05) is 56.3 Å². The number of nitrogens with one attached hydrogen (secondary N) is 1. The van der Waals surface area contributed by atoms with Gasteiger partial charge < -0.3 is 9.73 Å². The maximum atomic E-state index is 13.4. The quantitative estimate of drug-likeness (QED) is 0.493. The highest BCUT2D eigenvalue weighted by Gasteiger charge is 2.21. The molecule has 1 amide bonds. The van der Waals surface area contributed by atoms with Crippen molar-refractivity contribution in [3.05, 3.63) is 95.7 Å². The Hall–Kier alpha value is -2.88. The van der Waals surface area contributed by atoms with Crippen LogP contribution in [0, 0.1) is 11.7 Å². The highest BCUT2D eigenvalue weighted by Crippen LogP contribution is 2.29. The minimum Gasteiger partial charge on any atom is -0.469 e. The van der Waals surface area contributed by atoms with E-state index >= 15 is 0 Å². The van der Waals surface area contributed by atoms with Gasteiger partial charge in [-0.15, -0.1) is 0 Å². The third-order valence-electron chi connectivity index (χ3n) is 5.35. The molecule has 0 fully saturated rings. The number of furan rings is 1. The molecular formula is C25H28FNO2. The third kappa shape index (κ3) is 5.80. The first-order chi connectivity index (χ1) is 14.0. The molecule has 3 rings (SSSR count). The van der Waals surface area contributed by atoms with Crippen molar-refractivity contribution in [1.29, 1.82) is 0 Å². The molecule has 152 valence electrons. The van der Waals surface area contributed by atoms with Gasteiger partial charge in [-0.2, -0.15) is 0 Å². The second-order valence-corrected chi connectivity index (χ2v) is 7.72. The van der Waals surface area contributed by atoms with Crippen LogP contribution in [0.25, 0.3) is 0 Å². The normalized spacial score (nSPS) is 13.2. The van der Waals surface area contributed by atoms with E-state index < -0.39 is 0 Å². The molecule has 2 atom stereocenters. The Kier molecular flexibility index (Phi) is 7.23. The Morgan fingerprint density at radius 1 is 0.966 bits per heavy atom. The van der Waals surface area contributed by atoms with Crippen molar-refractivity contribution < 1.29 is 13.6 Å². The van der Waals surface area contributed by atoms with E-state index in [9.17, 15) is 9.18 Å². The Bertz CT molecular complexity index is 873. The molecule has 0 saturated heterocycles. The summed E-state index contributed by atoms with van der Waals surface area (Å²) in [5.41, 5.74) is 1.98. The van der Waals surface area contributed by atoms with Crippen molar-refractivity contribution in [1.82, 2.24) is 5.32 Å². The average molecular weight is 394 g/mol. The van der Waals surface area contributed by atoms with Crippen LogP contribution in [0.1, 0.15) is 55.4 Å². The summed E-state index contributed by atoms with van der Waals surface area (Å²) in [7, 11) is 0. The van der Waals surface area contributed by atoms with Gasteiger partial charge in [0.25, 0.3) is 0 Å². The molecule has 0 aliphatic rings. The highest BCUT2D eigenvalue weighted by molar-refractivity contribution is 5.77. The molecule has 1 N–H and O–H groups in total. The largest absolute Gasteiger partial charge is 0.469 e. The summed E-state index contributed by atoms with van der Waals surface area (Å²) in [6, 6.07) is 20.2. The molecule has 0 bridgehead atoms. The first-order valence-corrected chi connectivity index (χ1v) is 10.1. The third-order valence-corrected chi connectivity index (χ3v) is 5.35. The van der Waals surface area contributed by atoms with Gasteiger partial charge in [0, 0.05) is 24.8 Å². The van der Waals surface area contributed by atoms with Gasteiger partial charge in [-0.25, -0.2) is 4.39 Å². The van der Waals surface area contributed by atoms with E-state index in [1.54, 1.807) is 18.4 Å². The second-order valence-electron chi connectivity index (χ2n) is 7.72. The molecule has 0 aliphatic carbocycles. The predicted molar refractivity (Wildman–Crippen MR) is 113 cm³/mol. The van der Waals surface area contributed by atoms with Crippen LogP contribution in [-0.4, -0.2) is 12.5 Å². The van der Waals surface area contributed by atoms with Gasteiger partial charge in [-0.05, 0) is 47.7 Å². The fraction of sp³-hybridized carbons (Fsp3) is 0.320. The van der Waals surface area contributed by atoms with Crippen LogP contribution in [0.15, 0.2) is 77.4 Å². The molecule has 3 aromatic rings. The number of carbonyl (C=O) groups excluding carboxylic acids is 1. The molecule has 0 unspecified atom stereocenters. The van der Waals surface area contributed by atoms with E-state index in [4.69, 9.17) is 4.42 Å². The van der Waals surface area contributed by atoms with Crippen LogP contribution in [0.4, 0.5) is 4.39 Å². The minimum absolute atomic E-state index is 0.00914. The number of halogens is 1. The van der Waals surface area contributed by atoms with Crippen LogP contribution >= 0.6 is 0 Å². The van der Waals surface area contributed by atoms with Gasteiger partial charge in [-0.3, -0.25) is 4.79 Å². The molecule has 1 heterocycles. The van der Waals surface area contributed by atoms with Crippen molar-refractivity contribution in [3.8, 4) is 0 Å². The van der Waals surface area contributed by atoms with E-state index in [2.05, 4.69) is 19.2 Å². The second kappa shape index (κ2) is 10.1. The average Bonchev–Trinajstić information content (AvgIpc) is 3.25. The minimum atomic E-state index is -0.275. The van der Waals surface area contributed by atoms with Gasteiger partial charge in [0.15, 0.2) is 0 Å². The van der Waals surface area contributed by atoms with E-state index in [1.807, 2.05) is 42.5 Å². The van der Waals surface area contributed by atoms with Crippen molar-refractivity contribution in [3.63, 3.8) is 0 Å². The number of amides is 1. The number of rotatable bonds is 9. The van der Waals surface area contributed by atoms with E-state index in [0.29, 0.717) is 18.9 Å². The topological polar surface area (TPSA) is 42.2 Å². The number of carbonyl (C=O) groups is 1. The Morgan fingerprint density at radius 3 is 2.28 bits per heavy atom. The Morgan fingerprint density at radius 2 is 1.66 bits per heavy atom. The lowest BCUT2D eigenvalue weighted by atomic mass is 9.88. The highest BCUT2D eigenvalue weighted by atomic mass is 19.1. The summed E-state index contributed by atoms with van der Waals surface area (Å²) >= 11 is 0. The first-order valence-electron chi connectivity index (χ1n) is 10.1. The summed E-state index contributed by atoms with van der Waals surface area (Å²) in [4.78, 5) is 12.7. The SMILES string of the molecule is CC(C)[C@@H](CCNC(=O)C[C@@H](c1ccccc1)c1ccc(F)cc1)c1ccco1. The van der Waals surface area contributed by atoms with Crippen LogP contribution in [-0.2, 0) is 4.79 Å². The predicted octanol–water partition coefficient (Wildman–Crippen LogP) is 5.89. The zero-order valence-corrected chi connectivity index (χ0v) is 17.0. The van der Waals surface area contributed by atoms with E-state index in [-0.39, 0.29) is 23.6 Å². The van der Waals surface area contributed by atoms with Gasteiger partial charge in [0.05, 0.1) is 6.26 Å². The van der Waals surface area contributed by atoms with Crippen LogP contribution in [0.2, 0.25) is 0 Å². The smallest absolute Gasteiger partial charge is 0.220 e. The summed E-state index contributed by atoms with van der Waals surface area (Å²) < 4.78 is 18.9. The van der Waals surface area contributed by atoms with Gasteiger partial charge in [0.1, 0.15) is 11.6 Å². The van der Waals surface area contributed by atoms with E-state index in [0.717, 1.165) is 23.3 Å². The fourth-order valence-corrected chi connectivity index (χ4v) is 3.74. The molecule has 2 aromatic carbocycles. The first kappa shape index (κ1) is 20.8. The molecule has 29 heavy (non-hydrogen) atoms. The van der Waals surface area contributed by atoms with Crippen molar-refractivity contribution in [2.45, 2.75) is 38.5 Å². The molecule has 0 aliphatic heterocycles. The zero-order valence-electron chi connectivity index (χ0n) is 17.0. The molecule has 4 heteroatoms. The summed E-state index contributed by atoms with van der Waals surface area (Å²) in [5, 5.41) is 3.06. The van der Waals surface area contributed by atoms with Crippen LogP contribution in [0.5, 0.6) is 0 Å². The lowest BCUT2D eigenvalue weighted by molar-refractivity contribution is -0.121. The standard InChI is InChI=1S/C25H28FNO2/c1-18(2)22(24-9-6-16-29-24)14-15-27-25(28)17-23(19-7-4-3-5-8-19)20-10-12-21(26)13-11-20/h3-13,16,18,22-23H,14-15,17H2,1-2H3,(H,27,28)/t22-,23+/m1/s1. The summed E-state index contributed by atoms with van der Waals surface area (Å²) in [5.74, 6) is 1.26. The molecule has 1 aromatic heterocycles. The molecule has 0 radical (unpaired) electrons. The number of hydrogen-bond donors (Lipinski definition) is 1. The maximum absolute atomic E-state index is 13.4. The van der Waals surface area contributed by atoms with Crippen LogP contribution < -0.4 is 5.32 Å². The van der Waals surface area contributed by atoms with Crippen molar-refractivity contribution in [2.24, 2.45) is 5.92 Å². The van der Waals surface area contributed by atoms with Gasteiger partial charge >= 0.3 is 0 Å². The summed E-state index contributed by atoms with van der Waals surface area (Å²) in [6.07, 6.45) is 2.84. The van der Waals surface area contributed by atoms with Crippen molar-refractivity contribution >= 4 is 5.91 Å².